The van der Waals surface area contributed by atoms with E-state index in [2.05, 4.69) is 15.1 Å². The lowest BCUT2D eigenvalue weighted by molar-refractivity contribution is -0.121. The molecule has 0 aliphatic carbocycles. The van der Waals surface area contributed by atoms with Crippen LogP contribution >= 0.6 is 0 Å². The molecule has 1 saturated heterocycles. The quantitative estimate of drug-likeness (QED) is 0.636. The van der Waals surface area contributed by atoms with Crippen molar-refractivity contribution in [3.05, 3.63) is 65.7 Å². The first-order valence-electron chi connectivity index (χ1n) is 10.5. The molecule has 6 nitrogen and oxygen atoms in total. The summed E-state index contributed by atoms with van der Waals surface area (Å²) >= 11 is 0. The van der Waals surface area contributed by atoms with Gasteiger partial charge in [-0.1, -0.05) is 24.3 Å². The molecule has 0 spiro atoms. The molecule has 8 heteroatoms. The van der Waals surface area contributed by atoms with Gasteiger partial charge in [-0.2, -0.15) is 0 Å². The van der Waals surface area contributed by atoms with Crippen LogP contribution in [0.3, 0.4) is 0 Å². The standard InChI is InChI=1S/C23H29F2N3O3/c1-17(29)26-23(18-5-4-6-19(24)15-18)28-13-11-27(12-14-28)10-9-20(30)16-31-22-8-3-2-7-21(22)25/h2-8,15,20,23,30H,9-14,16H2,1H3,(H,26,29)/t20-,23+/m1/s1. The van der Waals surface area contributed by atoms with Crippen molar-refractivity contribution < 1.29 is 23.4 Å². The number of carbonyl (C=O) groups excluding carboxylic acids is 1. The Labute approximate surface area is 181 Å². The first-order valence-corrected chi connectivity index (χ1v) is 10.5. The Bertz CT molecular complexity index is 859. The molecule has 0 unspecified atom stereocenters. The molecule has 31 heavy (non-hydrogen) atoms. The Morgan fingerprint density at radius 3 is 2.55 bits per heavy atom. The maximum atomic E-state index is 13.7. The van der Waals surface area contributed by atoms with Gasteiger partial charge < -0.3 is 20.1 Å². The first-order chi connectivity index (χ1) is 14.9. The predicted molar refractivity (Wildman–Crippen MR) is 113 cm³/mol. The van der Waals surface area contributed by atoms with Crippen LogP contribution in [-0.4, -0.2) is 66.2 Å². The Morgan fingerprint density at radius 2 is 1.87 bits per heavy atom. The average molecular weight is 433 g/mol. The zero-order valence-electron chi connectivity index (χ0n) is 17.6. The van der Waals surface area contributed by atoms with Gasteiger partial charge in [-0.15, -0.1) is 0 Å². The number of piperazine rings is 1. The highest BCUT2D eigenvalue weighted by atomic mass is 19.1. The van der Waals surface area contributed by atoms with Gasteiger partial charge in [0.1, 0.15) is 18.6 Å². The molecular formula is C23H29F2N3O3. The second-order valence-corrected chi connectivity index (χ2v) is 7.72. The molecule has 168 valence electrons. The summed E-state index contributed by atoms with van der Waals surface area (Å²) in [5, 5.41) is 13.1. The largest absolute Gasteiger partial charge is 0.488 e. The highest BCUT2D eigenvalue weighted by molar-refractivity contribution is 5.73. The number of para-hydroxylation sites is 1. The second-order valence-electron chi connectivity index (χ2n) is 7.72. The summed E-state index contributed by atoms with van der Waals surface area (Å²) in [5.74, 6) is -0.817. The predicted octanol–water partition coefficient (Wildman–Crippen LogP) is 2.55. The van der Waals surface area contributed by atoms with Crippen molar-refractivity contribution in [3.8, 4) is 5.75 Å². The summed E-state index contributed by atoms with van der Waals surface area (Å²) in [6.45, 7) is 5.07. The van der Waals surface area contributed by atoms with E-state index in [1.807, 2.05) is 6.07 Å². The lowest BCUT2D eigenvalue weighted by Gasteiger charge is -2.39. The van der Waals surface area contributed by atoms with Crippen LogP contribution in [0.5, 0.6) is 5.75 Å². The number of nitrogens with zero attached hydrogens (tertiary/aromatic N) is 2. The number of aliphatic hydroxyl groups is 1. The summed E-state index contributed by atoms with van der Waals surface area (Å²) in [6.07, 6.45) is -0.569. The number of aliphatic hydroxyl groups excluding tert-OH is 1. The Balaban J connectivity index is 1.45. The monoisotopic (exact) mass is 433 g/mol. The van der Waals surface area contributed by atoms with Crippen molar-refractivity contribution in [2.45, 2.75) is 25.6 Å². The van der Waals surface area contributed by atoms with Crippen LogP contribution in [0.2, 0.25) is 0 Å². The summed E-state index contributed by atoms with van der Waals surface area (Å²) in [4.78, 5) is 16.0. The highest BCUT2D eigenvalue weighted by Crippen LogP contribution is 2.21. The summed E-state index contributed by atoms with van der Waals surface area (Å²) in [5.41, 5.74) is 0.712. The molecule has 3 rings (SSSR count). The molecular weight excluding hydrogens is 404 g/mol. The number of carbonyl (C=O) groups is 1. The SMILES string of the molecule is CC(=O)N[C@H](c1cccc(F)c1)N1CCN(CC[C@@H](O)COc2ccccc2F)CC1. The molecule has 1 fully saturated rings. The number of benzene rings is 2. The Hall–Kier alpha value is -2.55. The van der Waals surface area contributed by atoms with E-state index in [0.717, 1.165) is 13.1 Å². The zero-order chi connectivity index (χ0) is 22.2. The van der Waals surface area contributed by atoms with Gasteiger partial charge >= 0.3 is 0 Å². The number of hydrogen-bond donors (Lipinski definition) is 2. The van der Waals surface area contributed by atoms with E-state index in [0.29, 0.717) is 31.6 Å². The van der Waals surface area contributed by atoms with Crippen molar-refractivity contribution in [2.24, 2.45) is 0 Å². The fraction of sp³-hybridized carbons (Fsp3) is 0.435. The topological polar surface area (TPSA) is 65.0 Å². The van der Waals surface area contributed by atoms with Crippen LogP contribution in [0.15, 0.2) is 48.5 Å². The Kier molecular flexibility index (Phi) is 8.34. The normalized spacial score (nSPS) is 17.2. The number of rotatable bonds is 9. The molecule has 1 aliphatic heterocycles. The second kappa shape index (κ2) is 11.2. The van der Waals surface area contributed by atoms with Gasteiger partial charge in [-0.05, 0) is 36.2 Å². The van der Waals surface area contributed by atoms with Gasteiger partial charge in [0, 0.05) is 39.6 Å². The summed E-state index contributed by atoms with van der Waals surface area (Å²) in [6, 6.07) is 12.4. The van der Waals surface area contributed by atoms with E-state index in [1.165, 1.54) is 31.2 Å². The third kappa shape index (κ3) is 6.99. The maximum absolute atomic E-state index is 13.7. The molecule has 1 heterocycles. The van der Waals surface area contributed by atoms with Crippen molar-refractivity contribution in [2.75, 3.05) is 39.3 Å². The molecule has 0 bridgehead atoms. The zero-order valence-corrected chi connectivity index (χ0v) is 17.6. The molecule has 2 aromatic carbocycles. The van der Waals surface area contributed by atoms with E-state index in [4.69, 9.17) is 4.74 Å². The van der Waals surface area contributed by atoms with Crippen LogP contribution in [0.4, 0.5) is 8.78 Å². The average Bonchev–Trinajstić information content (AvgIpc) is 2.76. The van der Waals surface area contributed by atoms with E-state index in [1.54, 1.807) is 18.2 Å². The molecule has 0 aromatic heterocycles. The van der Waals surface area contributed by atoms with Gasteiger partial charge in [0.15, 0.2) is 11.6 Å². The van der Waals surface area contributed by atoms with E-state index in [-0.39, 0.29) is 30.2 Å². The Morgan fingerprint density at radius 1 is 1.13 bits per heavy atom. The number of amides is 1. The van der Waals surface area contributed by atoms with Crippen LogP contribution in [0.25, 0.3) is 0 Å². The van der Waals surface area contributed by atoms with Crippen LogP contribution in [0.1, 0.15) is 25.1 Å². The highest BCUT2D eigenvalue weighted by Gasteiger charge is 2.26. The van der Waals surface area contributed by atoms with Crippen LogP contribution in [-0.2, 0) is 4.79 Å². The van der Waals surface area contributed by atoms with Gasteiger partial charge in [0.2, 0.25) is 5.91 Å². The first kappa shape index (κ1) is 23.1. The smallest absolute Gasteiger partial charge is 0.218 e. The molecule has 1 aliphatic rings. The minimum Gasteiger partial charge on any atom is -0.488 e. The van der Waals surface area contributed by atoms with Crippen molar-refractivity contribution in [1.82, 2.24) is 15.1 Å². The summed E-state index contributed by atoms with van der Waals surface area (Å²) < 4.78 is 32.6. The third-order valence-corrected chi connectivity index (χ3v) is 5.32. The van der Waals surface area contributed by atoms with E-state index in [9.17, 15) is 18.7 Å². The number of halogens is 2. The van der Waals surface area contributed by atoms with Crippen molar-refractivity contribution in [3.63, 3.8) is 0 Å². The minimum atomic E-state index is -0.697. The van der Waals surface area contributed by atoms with Gasteiger partial charge in [0.05, 0.1) is 6.10 Å². The summed E-state index contributed by atoms with van der Waals surface area (Å²) in [7, 11) is 0. The molecule has 2 aromatic rings. The maximum Gasteiger partial charge on any atom is 0.218 e. The fourth-order valence-corrected chi connectivity index (χ4v) is 3.66. The molecule has 1 amide bonds. The molecule has 2 atom stereocenters. The molecule has 0 saturated carbocycles. The third-order valence-electron chi connectivity index (χ3n) is 5.32. The fourth-order valence-electron chi connectivity index (χ4n) is 3.66. The lowest BCUT2D eigenvalue weighted by atomic mass is 10.1. The minimum absolute atomic E-state index is 0.0328. The number of nitrogens with one attached hydrogen (secondary N) is 1. The van der Waals surface area contributed by atoms with Gasteiger partial charge in [0.25, 0.3) is 0 Å². The molecule has 2 N–H and O–H groups in total. The molecule has 0 radical (unpaired) electrons. The van der Waals surface area contributed by atoms with Crippen molar-refractivity contribution in [1.29, 1.82) is 0 Å². The van der Waals surface area contributed by atoms with Gasteiger partial charge in [-0.25, -0.2) is 8.78 Å². The number of hydrogen-bond acceptors (Lipinski definition) is 5. The van der Waals surface area contributed by atoms with E-state index >= 15 is 0 Å². The van der Waals surface area contributed by atoms with Crippen molar-refractivity contribution >= 4 is 5.91 Å². The lowest BCUT2D eigenvalue weighted by Crippen LogP contribution is -2.51. The number of ether oxygens (including phenoxy) is 1. The van der Waals surface area contributed by atoms with Crippen LogP contribution < -0.4 is 10.1 Å². The van der Waals surface area contributed by atoms with Crippen LogP contribution in [0, 0.1) is 11.6 Å². The van der Waals surface area contributed by atoms with E-state index < -0.39 is 11.9 Å². The van der Waals surface area contributed by atoms with Gasteiger partial charge in [-0.3, -0.25) is 9.69 Å².